The highest BCUT2D eigenvalue weighted by molar-refractivity contribution is 5.98. The number of para-hydroxylation sites is 1. The van der Waals surface area contributed by atoms with Crippen LogP contribution in [0.1, 0.15) is 25.3 Å². The van der Waals surface area contributed by atoms with Crippen molar-refractivity contribution < 1.29 is 23.8 Å². The predicted octanol–water partition coefficient (Wildman–Crippen LogP) is 6.42. The van der Waals surface area contributed by atoms with Crippen molar-refractivity contribution in [3.63, 3.8) is 0 Å². The fourth-order valence-corrected chi connectivity index (χ4v) is 4.22. The molecule has 1 fully saturated rings. The molecular formula is C28H24N2O5. The van der Waals surface area contributed by atoms with E-state index in [0.29, 0.717) is 30.1 Å². The summed E-state index contributed by atoms with van der Waals surface area (Å²) in [6.45, 7) is 1.98. The number of aromatic nitrogens is 1. The summed E-state index contributed by atoms with van der Waals surface area (Å²) in [5.41, 5.74) is 3.47. The second kappa shape index (κ2) is 9.10. The van der Waals surface area contributed by atoms with E-state index in [1.807, 2.05) is 66.7 Å². The van der Waals surface area contributed by atoms with Gasteiger partial charge in [-0.2, -0.15) is 4.98 Å². The van der Waals surface area contributed by atoms with Gasteiger partial charge in [-0.3, -0.25) is 4.79 Å². The lowest BCUT2D eigenvalue weighted by molar-refractivity contribution is -0.140. The number of carbonyl (C=O) groups is 2. The lowest BCUT2D eigenvalue weighted by Crippen LogP contribution is -2.27. The molecule has 1 heterocycles. The van der Waals surface area contributed by atoms with Crippen LogP contribution in [0.5, 0.6) is 0 Å². The van der Waals surface area contributed by atoms with Gasteiger partial charge in [0.2, 0.25) is 0 Å². The molecule has 0 unspecified atom stereocenters. The molecule has 7 heteroatoms. The number of carboxylic acids is 1. The number of rotatable bonds is 7. The van der Waals surface area contributed by atoms with Crippen LogP contribution in [0.2, 0.25) is 0 Å². The molecule has 3 aromatic carbocycles. The van der Waals surface area contributed by atoms with Crippen LogP contribution < -0.4 is 4.90 Å². The summed E-state index contributed by atoms with van der Waals surface area (Å²) in [5, 5.41) is 9.52. The van der Waals surface area contributed by atoms with Gasteiger partial charge in [0.15, 0.2) is 18.0 Å². The number of hydrogen-bond donors (Lipinski definition) is 1. The zero-order valence-electron chi connectivity index (χ0n) is 19.2. The Balaban J connectivity index is 1.43. The van der Waals surface area contributed by atoms with E-state index >= 15 is 0 Å². The first-order chi connectivity index (χ1) is 17.0. The lowest BCUT2D eigenvalue weighted by Gasteiger charge is -2.20. The first-order valence-corrected chi connectivity index (χ1v) is 11.4. The predicted molar refractivity (Wildman–Crippen MR) is 132 cm³/mol. The number of aliphatic carboxylic acids is 1. The third-order valence-electron chi connectivity index (χ3n) is 6.30. The van der Waals surface area contributed by atoms with Crippen molar-refractivity contribution in [2.75, 3.05) is 11.5 Å². The van der Waals surface area contributed by atoms with Crippen LogP contribution in [0.25, 0.3) is 22.5 Å². The van der Waals surface area contributed by atoms with Crippen LogP contribution in [0.4, 0.5) is 16.3 Å². The first kappa shape index (κ1) is 22.4. The molecule has 1 aromatic heterocycles. The molecule has 0 saturated heterocycles. The average Bonchev–Trinajstić information content (AvgIpc) is 3.58. The Hall–Kier alpha value is -4.39. The quantitative estimate of drug-likeness (QED) is 0.336. The van der Waals surface area contributed by atoms with E-state index in [-0.39, 0.29) is 6.61 Å². The molecule has 35 heavy (non-hydrogen) atoms. The molecule has 5 rings (SSSR count). The largest absolute Gasteiger partial charge is 0.481 e. The minimum absolute atomic E-state index is 0.233. The van der Waals surface area contributed by atoms with Gasteiger partial charge in [0, 0.05) is 5.56 Å². The number of benzene rings is 3. The van der Waals surface area contributed by atoms with Gasteiger partial charge in [-0.25, -0.2) is 9.69 Å². The number of amides is 1. The van der Waals surface area contributed by atoms with E-state index < -0.39 is 17.5 Å². The summed E-state index contributed by atoms with van der Waals surface area (Å²) in [4.78, 5) is 30.1. The van der Waals surface area contributed by atoms with Gasteiger partial charge in [0.25, 0.3) is 0 Å². The summed E-state index contributed by atoms with van der Waals surface area (Å²) in [5.74, 6) is 0.0286. The molecule has 0 spiro atoms. The monoisotopic (exact) mass is 468 g/mol. The number of carboxylic acid groups (broad SMARTS) is 1. The standard InChI is InChI=1S/C28H24N2O5/c1-2-34-27(33)30(23-6-4-3-5-7-23)25-24(35-18-29-25)21-10-8-19(9-11-21)20-12-14-22(15-13-20)28(16-17-28)26(31)32/h3-15,18H,2,16-17H2,1H3,(H,31,32). The first-order valence-electron chi connectivity index (χ1n) is 11.4. The zero-order valence-corrected chi connectivity index (χ0v) is 19.2. The maximum absolute atomic E-state index is 12.8. The topological polar surface area (TPSA) is 92.9 Å². The Morgan fingerprint density at radius 1 is 0.943 bits per heavy atom. The third kappa shape index (κ3) is 4.17. The minimum atomic E-state index is -0.759. The van der Waals surface area contributed by atoms with Crippen molar-refractivity contribution in [3.05, 3.63) is 90.8 Å². The minimum Gasteiger partial charge on any atom is -0.481 e. The molecule has 176 valence electrons. The molecule has 7 nitrogen and oxygen atoms in total. The van der Waals surface area contributed by atoms with Crippen LogP contribution >= 0.6 is 0 Å². The molecular weight excluding hydrogens is 444 g/mol. The Bertz CT molecular complexity index is 1340. The third-order valence-corrected chi connectivity index (χ3v) is 6.30. The summed E-state index contributed by atoms with van der Waals surface area (Å²) < 4.78 is 11.0. The van der Waals surface area contributed by atoms with Gasteiger partial charge in [-0.05, 0) is 48.6 Å². The molecule has 0 bridgehead atoms. The van der Waals surface area contributed by atoms with E-state index in [1.165, 1.54) is 11.3 Å². The van der Waals surface area contributed by atoms with Crippen molar-refractivity contribution in [1.82, 2.24) is 4.98 Å². The smallest absolute Gasteiger partial charge is 0.420 e. The van der Waals surface area contributed by atoms with E-state index in [4.69, 9.17) is 9.15 Å². The Morgan fingerprint density at radius 3 is 2.11 bits per heavy atom. The molecule has 1 amide bonds. The zero-order chi connectivity index (χ0) is 24.4. The summed E-state index contributed by atoms with van der Waals surface area (Å²) in [7, 11) is 0. The fraction of sp³-hybridized carbons (Fsp3) is 0.179. The molecule has 1 saturated carbocycles. The summed E-state index contributed by atoms with van der Waals surface area (Å²) in [6.07, 6.45) is 2.13. The molecule has 4 aromatic rings. The van der Waals surface area contributed by atoms with E-state index in [1.54, 1.807) is 19.1 Å². The second-order valence-corrected chi connectivity index (χ2v) is 8.42. The highest BCUT2D eigenvalue weighted by Crippen LogP contribution is 2.48. The summed E-state index contributed by atoms with van der Waals surface area (Å²) in [6, 6.07) is 24.6. The SMILES string of the molecule is CCOC(=O)N(c1ccccc1)c1ncoc1-c1ccc(-c2ccc(C3(C(=O)O)CC3)cc2)cc1. The highest BCUT2D eigenvalue weighted by Gasteiger charge is 2.51. The van der Waals surface area contributed by atoms with Crippen LogP contribution in [-0.4, -0.2) is 28.8 Å². The van der Waals surface area contributed by atoms with Crippen LogP contribution in [0.15, 0.2) is 89.7 Å². The lowest BCUT2D eigenvalue weighted by atomic mass is 9.93. The Labute approximate surface area is 202 Å². The fourth-order valence-electron chi connectivity index (χ4n) is 4.22. The number of hydrogen-bond acceptors (Lipinski definition) is 5. The van der Waals surface area contributed by atoms with Crippen molar-refractivity contribution in [2.24, 2.45) is 0 Å². The van der Waals surface area contributed by atoms with Gasteiger partial charge in [0.1, 0.15) is 0 Å². The van der Waals surface area contributed by atoms with Crippen LogP contribution in [-0.2, 0) is 14.9 Å². The Kier molecular flexibility index (Phi) is 5.82. The van der Waals surface area contributed by atoms with Crippen molar-refractivity contribution in [2.45, 2.75) is 25.2 Å². The summed E-state index contributed by atoms with van der Waals surface area (Å²) >= 11 is 0. The Morgan fingerprint density at radius 2 is 1.54 bits per heavy atom. The van der Waals surface area contributed by atoms with Gasteiger partial charge < -0.3 is 14.3 Å². The normalized spacial score (nSPS) is 13.7. The average molecular weight is 469 g/mol. The maximum Gasteiger partial charge on any atom is 0.420 e. The number of carbonyl (C=O) groups excluding carboxylic acids is 1. The van der Waals surface area contributed by atoms with Gasteiger partial charge in [-0.15, -0.1) is 0 Å². The van der Waals surface area contributed by atoms with Crippen LogP contribution in [0, 0.1) is 0 Å². The number of ether oxygens (including phenoxy) is 1. The van der Waals surface area contributed by atoms with Gasteiger partial charge in [-0.1, -0.05) is 66.7 Å². The number of nitrogens with zero attached hydrogens (tertiary/aromatic N) is 2. The maximum atomic E-state index is 12.8. The van der Waals surface area contributed by atoms with Crippen LogP contribution in [0.3, 0.4) is 0 Å². The molecule has 1 aliphatic rings. The molecule has 0 aliphatic heterocycles. The van der Waals surface area contributed by atoms with Crippen molar-refractivity contribution >= 4 is 23.6 Å². The number of anilines is 2. The van der Waals surface area contributed by atoms with Crippen molar-refractivity contribution in [1.29, 1.82) is 0 Å². The van der Waals surface area contributed by atoms with Gasteiger partial charge >= 0.3 is 12.1 Å². The number of oxazole rings is 1. The van der Waals surface area contributed by atoms with E-state index in [2.05, 4.69) is 4.98 Å². The molecule has 1 aliphatic carbocycles. The van der Waals surface area contributed by atoms with E-state index in [0.717, 1.165) is 22.3 Å². The van der Waals surface area contributed by atoms with Gasteiger partial charge in [0.05, 0.1) is 17.7 Å². The van der Waals surface area contributed by atoms with E-state index in [9.17, 15) is 14.7 Å². The molecule has 0 radical (unpaired) electrons. The van der Waals surface area contributed by atoms with Crippen molar-refractivity contribution in [3.8, 4) is 22.5 Å². The molecule has 0 atom stereocenters. The second-order valence-electron chi connectivity index (χ2n) is 8.42. The highest BCUT2D eigenvalue weighted by atomic mass is 16.6. The molecule has 1 N–H and O–H groups in total.